The first kappa shape index (κ1) is 18.3. The highest BCUT2D eigenvalue weighted by molar-refractivity contribution is 5.93. The molecule has 1 aliphatic heterocycles. The van der Waals surface area contributed by atoms with Gasteiger partial charge in [0, 0.05) is 6.54 Å². The molecule has 0 aliphatic carbocycles. The Morgan fingerprint density at radius 3 is 2.79 bits per heavy atom. The molecule has 1 heterocycles. The lowest BCUT2D eigenvalue weighted by Crippen LogP contribution is -2.27. The summed E-state index contributed by atoms with van der Waals surface area (Å²) < 4.78 is 46.2. The van der Waals surface area contributed by atoms with Crippen LogP contribution in [0.15, 0.2) is 35.6 Å². The number of carbonyl (C=O) groups is 1. The number of halogens is 3. The van der Waals surface area contributed by atoms with Crippen LogP contribution in [0.3, 0.4) is 0 Å². The Balaban J connectivity index is 1.87. The molecule has 0 radical (unpaired) electrons. The first-order chi connectivity index (χ1) is 11.3. The van der Waals surface area contributed by atoms with E-state index in [0.29, 0.717) is 36.5 Å². The second kappa shape index (κ2) is 8.19. The molecule has 0 atom stereocenters. The van der Waals surface area contributed by atoms with Gasteiger partial charge in [-0.1, -0.05) is 24.3 Å². The van der Waals surface area contributed by atoms with E-state index >= 15 is 0 Å². The molecule has 0 bridgehead atoms. The molecule has 0 fully saturated rings. The largest absolute Gasteiger partial charge is 0.498 e. The quantitative estimate of drug-likeness (QED) is 0.860. The average Bonchev–Trinajstić information content (AvgIpc) is 2.52. The maximum atomic E-state index is 12.2. The highest BCUT2D eigenvalue weighted by atomic mass is 19.4. The van der Waals surface area contributed by atoms with Crippen LogP contribution in [-0.4, -0.2) is 25.3 Å². The van der Waals surface area contributed by atoms with Crippen LogP contribution in [0.25, 0.3) is 0 Å². The lowest BCUT2D eigenvalue weighted by molar-refractivity contribution is -0.176. The molecule has 2 rings (SSSR count). The summed E-state index contributed by atoms with van der Waals surface area (Å²) in [6, 6.07) is 6.92. The van der Waals surface area contributed by atoms with Crippen molar-refractivity contribution in [1.82, 2.24) is 5.32 Å². The van der Waals surface area contributed by atoms with Crippen molar-refractivity contribution in [2.45, 2.75) is 39.1 Å². The van der Waals surface area contributed by atoms with Crippen molar-refractivity contribution in [2.75, 3.05) is 13.2 Å². The second-order valence-electron chi connectivity index (χ2n) is 5.60. The lowest BCUT2D eigenvalue weighted by atomic mass is 10.1. The maximum absolute atomic E-state index is 12.2. The van der Waals surface area contributed by atoms with Gasteiger partial charge in [-0.05, 0) is 30.9 Å². The predicted octanol–water partition coefficient (Wildman–Crippen LogP) is 3.47. The van der Waals surface area contributed by atoms with Crippen molar-refractivity contribution in [3.05, 3.63) is 46.7 Å². The summed E-state index contributed by atoms with van der Waals surface area (Å²) in [5.74, 6) is 0.471. The molecule has 0 spiro atoms. The van der Waals surface area contributed by atoms with Crippen molar-refractivity contribution in [3.8, 4) is 0 Å². The summed E-state index contributed by atoms with van der Waals surface area (Å²) in [7, 11) is 0. The molecule has 132 valence electrons. The first-order valence-electron chi connectivity index (χ1n) is 7.68. The van der Waals surface area contributed by atoms with Crippen molar-refractivity contribution in [1.29, 1.82) is 0 Å². The van der Waals surface area contributed by atoms with E-state index in [0.717, 1.165) is 12.0 Å². The SMILES string of the molecule is CC1=C(C(=O)NCc2cccc(COCC(F)(F)F)c2)CCCO1. The zero-order chi connectivity index (χ0) is 17.6. The molecular formula is C17H20F3NO3. The Kier molecular flexibility index (Phi) is 6.25. The molecular weight excluding hydrogens is 323 g/mol. The maximum Gasteiger partial charge on any atom is 0.411 e. The normalized spacial score (nSPS) is 15.2. The third-order valence-electron chi connectivity index (χ3n) is 3.57. The molecule has 1 N–H and O–H groups in total. The number of nitrogens with one attached hydrogen (secondary N) is 1. The van der Waals surface area contributed by atoms with Gasteiger partial charge in [0.15, 0.2) is 0 Å². The molecule has 24 heavy (non-hydrogen) atoms. The molecule has 4 nitrogen and oxygen atoms in total. The minimum atomic E-state index is -4.33. The first-order valence-corrected chi connectivity index (χ1v) is 7.68. The number of allylic oxidation sites excluding steroid dienone is 1. The fourth-order valence-corrected chi connectivity index (χ4v) is 2.41. The van der Waals surface area contributed by atoms with Crippen molar-refractivity contribution in [3.63, 3.8) is 0 Å². The van der Waals surface area contributed by atoms with E-state index in [-0.39, 0.29) is 12.5 Å². The molecule has 0 aromatic heterocycles. The fraction of sp³-hybridized carbons (Fsp3) is 0.471. The monoisotopic (exact) mass is 343 g/mol. The van der Waals surface area contributed by atoms with Gasteiger partial charge in [0.2, 0.25) is 0 Å². The van der Waals surface area contributed by atoms with Crippen LogP contribution in [-0.2, 0) is 27.4 Å². The zero-order valence-corrected chi connectivity index (χ0v) is 13.4. The van der Waals surface area contributed by atoms with E-state index in [9.17, 15) is 18.0 Å². The van der Waals surface area contributed by atoms with Gasteiger partial charge in [0.1, 0.15) is 12.4 Å². The Morgan fingerprint density at radius 1 is 1.33 bits per heavy atom. The number of carbonyl (C=O) groups excluding carboxylic acids is 1. The van der Waals surface area contributed by atoms with Gasteiger partial charge < -0.3 is 14.8 Å². The molecule has 0 unspecified atom stereocenters. The number of hydrogen-bond acceptors (Lipinski definition) is 3. The van der Waals surface area contributed by atoms with Crippen LogP contribution in [0.5, 0.6) is 0 Å². The van der Waals surface area contributed by atoms with Gasteiger partial charge in [0.05, 0.1) is 18.8 Å². The number of rotatable bonds is 6. The number of benzene rings is 1. The van der Waals surface area contributed by atoms with E-state index in [4.69, 9.17) is 4.74 Å². The van der Waals surface area contributed by atoms with E-state index in [2.05, 4.69) is 10.1 Å². The smallest absolute Gasteiger partial charge is 0.411 e. The van der Waals surface area contributed by atoms with Gasteiger partial charge in [-0.25, -0.2) is 0 Å². The van der Waals surface area contributed by atoms with Crippen LogP contribution in [0.1, 0.15) is 30.9 Å². The zero-order valence-electron chi connectivity index (χ0n) is 13.4. The highest BCUT2D eigenvalue weighted by Crippen LogP contribution is 2.19. The number of alkyl halides is 3. The summed E-state index contributed by atoms with van der Waals surface area (Å²) in [6.45, 7) is 1.29. The van der Waals surface area contributed by atoms with Crippen LogP contribution in [0.2, 0.25) is 0 Å². The molecule has 0 saturated heterocycles. The molecule has 1 aliphatic rings. The van der Waals surface area contributed by atoms with E-state index in [1.54, 1.807) is 31.2 Å². The van der Waals surface area contributed by atoms with Crippen molar-refractivity contribution < 1.29 is 27.4 Å². The minimum absolute atomic E-state index is 0.126. The molecule has 0 saturated carbocycles. The predicted molar refractivity (Wildman–Crippen MR) is 81.9 cm³/mol. The lowest BCUT2D eigenvalue weighted by Gasteiger charge is -2.18. The van der Waals surface area contributed by atoms with Crippen molar-refractivity contribution >= 4 is 5.91 Å². The number of ether oxygens (including phenoxy) is 2. The highest BCUT2D eigenvalue weighted by Gasteiger charge is 2.27. The van der Waals surface area contributed by atoms with E-state index < -0.39 is 12.8 Å². The van der Waals surface area contributed by atoms with E-state index in [1.807, 2.05) is 0 Å². The molecule has 1 amide bonds. The number of hydrogen-bond donors (Lipinski definition) is 1. The minimum Gasteiger partial charge on any atom is -0.498 e. The summed E-state index contributed by atoms with van der Waals surface area (Å²) in [5, 5.41) is 2.81. The third-order valence-corrected chi connectivity index (χ3v) is 3.57. The summed E-state index contributed by atoms with van der Waals surface area (Å²) in [6.07, 6.45) is -2.84. The van der Waals surface area contributed by atoms with Gasteiger partial charge >= 0.3 is 6.18 Å². The second-order valence-corrected chi connectivity index (χ2v) is 5.60. The Labute approximate surface area is 138 Å². The summed E-state index contributed by atoms with van der Waals surface area (Å²) in [5.41, 5.74) is 2.07. The topological polar surface area (TPSA) is 47.6 Å². The van der Waals surface area contributed by atoms with Crippen LogP contribution in [0, 0.1) is 0 Å². The van der Waals surface area contributed by atoms with Crippen molar-refractivity contribution in [2.24, 2.45) is 0 Å². The average molecular weight is 343 g/mol. The fourth-order valence-electron chi connectivity index (χ4n) is 2.41. The van der Waals surface area contributed by atoms with Crippen LogP contribution < -0.4 is 5.32 Å². The van der Waals surface area contributed by atoms with Gasteiger partial charge in [-0.2, -0.15) is 13.2 Å². The van der Waals surface area contributed by atoms with Gasteiger partial charge in [-0.15, -0.1) is 0 Å². The molecule has 1 aromatic rings. The summed E-state index contributed by atoms with van der Waals surface area (Å²) in [4.78, 5) is 12.2. The Bertz CT molecular complexity index is 611. The van der Waals surface area contributed by atoms with Gasteiger partial charge in [0.25, 0.3) is 5.91 Å². The van der Waals surface area contributed by atoms with Crippen LogP contribution in [0.4, 0.5) is 13.2 Å². The third kappa shape index (κ3) is 5.88. The van der Waals surface area contributed by atoms with Crippen LogP contribution >= 0.6 is 0 Å². The Hall–Kier alpha value is -2.02. The van der Waals surface area contributed by atoms with Gasteiger partial charge in [-0.3, -0.25) is 4.79 Å². The standard InChI is InChI=1S/C17H20F3NO3/c1-12-15(6-3-7-24-12)16(22)21-9-13-4-2-5-14(8-13)10-23-11-17(18,19)20/h2,4-5,8H,3,6-7,9-11H2,1H3,(H,21,22). The molecule has 1 aromatic carbocycles. The molecule has 7 heteroatoms. The Morgan fingerprint density at radius 2 is 2.08 bits per heavy atom. The van der Waals surface area contributed by atoms with E-state index in [1.165, 1.54) is 0 Å². The number of amides is 1. The summed E-state index contributed by atoms with van der Waals surface area (Å²) >= 11 is 0.